The summed E-state index contributed by atoms with van der Waals surface area (Å²) in [5, 5.41) is 0. The monoisotopic (exact) mass is 113 g/mol. The van der Waals surface area contributed by atoms with E-state index in [2.05, 4.69) is 6.92 Å². The number of hydrogen-bond acceptors (Lipinski definition) is 1. The highest BCUT2D eigenvalue weighted by molar-refractivity contribution is 4.84. The van der Waals surface area contributed by atoms with E-state index in [-0.39, 0.29) is 0 Å². The molecule has 1 aliphatic rings. The first-order valence-corrected chi connectivity index (χ1v) is 3.58. The first-order chi connectivity index (χ1) is 3.88. The Balaban J connectivity index is 1.99. The predicted molar refractivity (Wildman–Crippen MR) is 35.6 cm³/mol. The lowest BCUT2D eigenvalue weighted by Crippen LogP contribution is -1.99. The Morgan fingerprint density at radius 3 is 2.62 bits per heavy atom. The van der Waals surface area contributed by atoms with Crippen molar-refractivity contribution in [1.82, 2.24) is 0 Å². The maximum atomic E-state index is 5.39. The highest BCUT2D eigenvalue weighted by atomic mass is 14.5. The van der Waals surface area contributed by atoms with Crippen molar-refractivity contribution in [2.24, 2.45) is 17.6 Å². The van der Waals surface area contributed by atoms with Crippen LogP contribution in [-0.4, -0.2) is 6.54 Å². The van der Waals surface area contributed by atoms with Crippen molar-refractivity contribution < 1.29 is 0 Å². The molecule has 1 nitrogen and oxygen atoms in total. The van der Waals surface area contributed by atoms with E-state index in [0.717, 1.165) is 18.4 Å². The first-order valence-electron chi connectivity index (χ1n) is 3.58. The molecular weight excluding hydrogens is 98.1 g/mol. The lowest BCUT2D eigenvalue weighted by Gasteiger charge is -1.90. The molecule has 1 rings (SSSR count). The minimum atomic E-state index is 0.890. The zero-order valence-corrected chi connectivity index (χ0v) is 5.56. The van der Waals surface area contributed by atoms with E-state index in [1.54, 1.807) is 0 Å². The molecule has 0 radical (unpaired) electrons. The standard InChI is InChI=1S/C7H15N/c1-2-6-5-7(6)3-4-8/h6-7H,2-5,8H2,1H3. The zero-order valence-electron chi connectivity index (χ0n) is 5.56. The van der Waals surface area contributed by atoms with Gasteiger partial charge in [0.05, 0.1) is 0 Å². The van der Waals surface area contributed by atoms with Gasteiger partial charge < -0.3 is 5.73 Å². The van der Waals surface area contributed by atoms with Crippen molar-refractivity contribution in [3.8, 4) is 0 Å². The summed E-state index contributed by atoms with van der Waals surface area (Å²) in [6.45, 7) is 3.16. The van der Waals surface area contributed by atoms with Crippen molar-refractivity contribution in [3.63, 3.8) is 0 Å². The molecule has 1 fully saturated rings. The molecule has 2 unspecified atom stereocenters. The van der Waals surface area contributed by atoms with Gasteiger partial charge in [0.25, 0.3) is 0 Å². The summed E-state index contributed by atoms with van der Waals surface area (Å²) in [5.74, 6) is 2.04. The van der Waals surface area contributed by atoms with Gasteiger partial charge in [0, 0.05) is 0 Å². The van der Waals surface area contributed by atoms with Gasteiger partial charge in [0.1, 0.15) is 0 Å². The Hall–Kier alpha value is -0.0400. The summed E-state index contributed by atoms with van der Waals surface area (Å²) in [7, 11) is 0. The van der Waals surface area contributed by atoms with E-state index in [1.165, 1.54) is 19.3 Å². The van der Waals surface area contributed by atoms with Crippen LogP contribution in [0.4, 0.5) is 0 Å². The summed E-state index contributed by atoms with van der Waals surface area (Å²) < 4.78 is 0. The Kier molecular flexibility index (Phi) is 1.90. The van der Waals surface area contributed by atoms with Gasteiger partial charge in [-0.15, -0.1) is 0 Å². The van der Waals surface area contributed by atoms with Gasteiger partial charge >= 0.3 is 0 Å². The molecule has 1 saturated carbocycles. The van der Waals surface area contributed by atoms with Crippen LogP contribution in [-0.2, 0) is 0 Å². The van der Waals surface area contributed by atoms with E-state index in [1.807, 2.05) is 0 Å². The van der Waals surface area contributed by atoms with Crippen LogP contribution in [0, 0.1) is 11.8 Å². The van der Waals surface area contributed by atoms with Gasteiger partial charge in [-0.2, -0.15) is 0 Å². The first kappa shape index (κ1) is 6.09. The van der Waals surface area contributed by atoms with E-state index in [4.69, 9.17) is 5.73 Å². The lowest BCUT2D eigenvalue weighted by molar-refractivity contribution is 0.639. The second kappa shape index (κ2) is 2.49. The maximum absolute atomic E-state index is 5.39. The second-order valence-corrected chi connectivity index (χ2v) is 2.74. The van der Waals surface area contributed by atoms with Crippen molar-refractivity contribution in [2.45, 2.75) is 26.2 Å². The molecule has 0 aromatic rings. The molecule has 0 heterocycles. The molecule has 0 aromatic carbocycles. The minimum Gasteiger partial charge on any atom is -0.330 e. The van der Waals surface area contributed by atoms with Crippen molar-refractivity contribution >= 4 is 0 Å². The van der Waals surface area contributed by atoms with Gasteiger partial charge in [-0.1, -0.05) is 13.3 Å². The number of rotatable bonds is 3. The van der Waals surface area contributed by atoms with Crippen LogP contribution in [0.5, 0.6) is 0 Å². The molecule has 0 aromatic heterocycles. The van der Waals surface area contributed by atoms with E-state index >= 15 is 0 Å². The van der Waals surface area contributed by atoms with Crippen LogP contribution in [0.15, 0.2) is 0 Å². The fourth-order valence-electron chi connectivity index (χ4n) is 1.38. The largest absolute Gasteiger partial charge is 0.330 e. The lowest BCUT2D eigenvalue weighted by atomic mass is 10.2. The van der Waals surface area contributed by atoms with Gasteiger partial charge in [0.15, 0.2) is 0 Å². The maximum Gasteiger partial charge on any atom is -0.00745 e. The Morgan fingerprint density at radius 1 is 1.50 bits per heavy atom. The second-order valence-electron chi connectivity index (χ2n) is 2.74. The molecular formula is C7H15N. The SMILES string of the molecule is CCC1CC1CCN. The Labute approximate surface area is 51.3 Å². The van der Waals surface area contributed by atoms with Crippen LogP contribution in [0.2, 0.25) is 0 Å². The van der Waals surface area contributed by atoms with Gasteiger partial charge in [-0.05, 0) is 31.2 Å². The fraction of sp³-hybridized carbons (Fsp3) is 1.00. The van der Waals surface area contributed by atoms with Crippen molar-refractivity contribution in [2.75, 3.05) is 6.54 Å². The predicted octanol–water partition coefficient (Wildman–Crippen LogP) is 1.38. The Bertz CT molecular complexity index is 70.8. The van der Waals surface area contributed by atoms with E-state index < -0.39 is 0 Å². The highest BCUT2D eigenvalue weighted by Crippen LogP contribution is 2.42. The molecule has 0 aliphatic heterocycles. The molecule has 1 heteroatoms. The average molecular weight is 113 g/mol. The third-order valence-corrected chi connectivity index (χ3v) is 2.13. The molecule has 0 bridgehead atoms. The summed E-state index contributed by atoms with van der Waals surface area (Å²) in [4.78, 5) is 0. The van der Waals surface area contributed by atoms with Crippen LogP contribution in [0.1, 0.15) is 26.2 Å². The van der Waals surface area contributed by atoms with Gasteiger partial charge in [-0.3, -0.25) is 0 Å². The molecule has 0 saturated heterocycles. The zero-order chi connectivity index (χ0) is 5.98. The highest BCUT2D eigenvalue weighted by Gasteiger charge is 2.33. The fourth-order valence-corrected chi connectivity index (χ4v) is 1.38. The molecule has 0 amide bonds. The number of nitrogens with two attached hydrogens (primary N) is 1. The summed E-state index contributed by atoms with van der Waals surface area (Å²) >= 11 is 0. The average Bonchev–Trinajstić information content (AvgIpc) is 2.48. The van der Waals surface area contributed by atoms with Crippen LogP contribution < -0.4 is 5.73 Å². The van der Waals surface area contributed by atoms with Crippen molar-refractivity contribution in [1.29, 1.82) is 0 Å². The molecule has 48 valence electrons. The minimum absolute atomic E-state index is 0.890. The summed E-state index contributed by atoms with van der Waals surface area (Å²) in [6, 6.07) is 0. The Morgan fingerprint density at radius 2 is 2.25 bits per heavy atom. The molecule has 8 heavy (non-hydrogen) atoms. The third kappa shape index (κ3) is 1.22. The van der Waals surface area contributed by atoms with Crippen LogP contribution in [0.3, 0.4) is 0 Å². The summed E-state index contributed by atoms with van der Waals surface area (Å²) in [6.07, 6.45) is 4.08. The van der Waals surface area contributed by atoms with E-state index in [9.17, 15) is 0 Å². The molecule has 0 spiro atoms. The summed E-state index contributed by atoms with van der Waals surface area (Å²) in [5.41, 5.74) is 5.39. The van der Waals surface area contributed by atoms with Gasteiger partial charge in [0.2, 0.25) is 0 Å². The smallest absolute Gasteiger partial charge is 0.00745 e. The normalized spacial score (nSPS) is 35.2. The van der Waals surface area contributed by atoms with E-state index in [0.29, 0.717) is 0 Å². The quantitative estimate of drug-likeness (QED) is 0.588. The third-order valence-electron chi connectivity index (χ3n) is 2.13. The molecule has 2 atom stereocenters. The molecule has 1 aliphatic carbocycles. The number of hydrogen-bond donors (Lipinski definition) is 1. The molecule has 2 N–H and O–H groups in total. The van der Waals surface area contributed by atoms with Crippen LogP contribution in [0.25, 0.3) is 0 Å². The van der Waals surface area contributed by atoms with Gasteiger partial charge in [-0.25, -0.2) is 0 Å². The van der Waals surface area contributed by atoms with Crippen LogP contribution >= 0.6 is 0 Å². The topological polar surface area (TPSA) is 26.0 Å². The van der Waals surface area contributed by atoms with Crippen molar-refractivity contribution in [3.05, 3.63) is 0 Å².